The van der Waals surface area contributed by atoms with Crippen molar-refractivity contribution >= 4 is 15.9 Å². The lowest BCUT2D eigenvalue weighted by Gasteiger charge is -2.44. The highest BCUT2D eigenvalue weighted by molar-refractivity contribution is 9.09. The lowest BCUT2D eigenvalue weighted by molar-refractivity contribution is 0.103. The minimum Gasteiger partial charge on any atom is -0.0922 e. The highest BCUT2D eigenvalue weighted by Crippen LogP contribution is 2.47. The summed E-state index contributed by atoms with van der Waals surface area (Å²) in [7, 11) is 0. The molecular weight excluding hydrogens is 320 g/mol. The van der Waals surface area contributed by atoms with Gasteiger partial charge in [0.25, 0.3) is 0 Å². The van der Waals surface area contributed by atoms with Crippen LogP contribution in [0.25, 0.3) is 0 Å². The maximum atomic E-state index is 3.84. The SMILES string of the molecule is Cc1ccc(C)c(CC2(CBr)CCC(C(C)(C)C)CC2)c1. The van der Waals surface area contributed by atoms with Crippen molar-refractivity contribution in [3.63, 3.8) is 0 Å². The molecule has 1 aliphatic rings. The van der Waals surface area contributed by atoms with Crippen molar-refractivity contribution in [1.29, 1.82) is 0 Å². The van der Waals surface area contributed by atoms with E-state index in [0.29, 0.717) is 10.8 Å². The van der Waals surface area contributed by atoms with Gasteiger partial charge in [-0.1, -0.05) is 60.5 Å². The van der Waals surface area contributed by atoms with Crippen LogP contribution >= 0.6 is 15.9 Å². The van der Waals surface area contributed by atoms with E-state index in [9.17, 15) is 0 Å². The normalized spacial score (nSPS) is 26.9. The van der Waals surface area contributed by atoms with Crippen LogP contribution in [0.2, 0.25) is 0 Å². The Morgan fingerprint density at radius 2 is 1.76 bits per heavy atom. The van der Waals surface area contributed by atoms with Gasteiger partial charge in [0.05, 0.1) is 0 Å². The second-order valence-electron chi connectivity index (χ2n) is 8.38. The molecule has 1 saturated carbocycles. The van der Waals surface area contributed by atoms with Gasteiger partial charge in [-0.2, -0.15) is 0 Å². The van der Waals surface area contributed by atoms with Crippen LogP contribution in [0.4, 0.5) is 0 Å². The predicted octanol–water partition coefficient (Wildman–Crippen LogP) is 6.46. The molecule has 0 aliphatic heterocycles. The lowest BCUT2D eigenvalue weighted by Crippen LogP contribution is -2.35. The lowest BCUT2D eigenvalue weighted by atomic mass is 9.63. The molecule has 0 unspecified atom stereocenters. The molecule has 0 bridgehead atoms. The van der Waals surface area contributed by atoms with Gasteiger partial charge in [0.1, 0.15) is 0 Å². The van der Waals surface area contributed by atoms with Crippen LogP contribution in [0.3, 0.4) is 0 Å². The van der Waals surface area contributed by atoms with Crippen LogP contribution in [0, 0.1) is 30.6 Å². The largest absolute Gasteiger partial charge is 0.0922 e. The van der Waals surface area contributed by atoms with E-state index in [1.54, 1.807) is 5.56 Å². The van der Waals surface area contributed by atoms with E-state index in [1.807, 2.05) is 0 Å². The monoisotopic (exact) mass is 350 g/mol. The molecule has 0 aromatic heterocycles. The molecule has 1 aliphatic carbocycles. The van der Waals surface area contributed by atoms with Gasteiger partial charge in [0.15, 0.2) is 0 Å². The summed E-state index contributed by atoms with van der Waals surface area (Å²) >= 11 is 3.84. The fourth-order valence-corrected chi connectivity index (χ4v) is 4.61. The van der Waals surface area contributed by atoms with E-state index in [-0.39, 0.29) is 0 Å². The molecular formula is C20H31Br. The molecule has 0 amide bonds. The third kappa shape index (κ3) is 4.12. The quantitative estimate of drug-likeness (QED) is 0.548. The zero-order valence-corrected chi connectivity index (χ0v) is 16.0. The number of benzene rings is 1. The van der Waals surface area contributed by atoms with Gasteiger partial charge in [0, 0.05) is 5.33 Å². The molecule has 0 atom stereocenters. The molecule has 0 radical (unpaired) electrons. The Hall–Kier alpha value is -0.300. The van der Waals surface area contributed by atoms with Crippen molar-refractivity contribution in [2.45, 2.75) is 66.7 Å². The first kappa shape index (κ1) is 17.1. The number of hydrogen-bond donors (Lipinski definition) is 0. The van der Waals surface area contributed by atoms with Gasteiger partial charge in [-0.15, -0.1) is 0 Å². The van der Waals surface area contributed by atoms with Gasteiger partial charge in [-0.25, -0.2) is 0 Å². The Balaban J connectivity index is 2.12. The van der Waals surface area contributed by atoms with Crippen LogP contribution in [-0.4, -0.2) is 5.33 Å². The minimum atomic E-state index is 0.470. The van der Waals surface area contributed by atoms with Crippen LogP contribution in [0.5, 0.6) is 0 Å². The second kappa shape index (κ2) is 6.44. The molecule has 1 fully saturated rings. The van der Waals surface area contributed by atoms with Crippen molar-refractivity contribution in [1.82, 2.24) is 0 Å². The third-order valence-corrected chi connectivity index (χ3v) is 6.81. The first-order chi connectivity index (χ1) is 9.76. The molecule has 0 nitrogen and oxygen atoms in total. The van der Waals surface area contributed by atoms with Crippen molar-refractivity contribution in [2.75, 3.05) is 5.33 Å². The van der Waals surface area contributed by atoms with Crippen LogP contribution in [0.1, 0.15) is 63.1 Å². The highest BCUT2D eigenvalue weighted by Gasteiger charge is 2.38. The average Bonchev–Trinajstić information content (AvgIpc) is 2.42. The Labute approximate surface area is 139 Å². The van der Waals surface area contributed by atoms with E-state index in [2.05, 4.69) is 68.7 Å². The van der Waals surface area contributed by atoms with E-state index in [4.69, 9.17) is 0 Å². The van der Waals surface area contributed by atoms with E-state index >= 15 is 0 Å². The molecule has 1 aromatic rings. The predicted molar refractivity (Wildman–Crippen MR) is 97.3 cm³/mol. The second-order valence-corrected chi connectivity index (χ2v) is 8.94. The Bertz CT molecular complexity index is 473. The maximum absolute atomic E-state index is 3.84. The molecule has 21 heavy (non-hydrogen) atoms. The number of aryl methyl sites for hydroxylation is 2. The van der Waals surface area contributed by atoms with E-state index in [1.165, 1.54) is 43.2 Å². The number of halogens is 1. The Morgan fingerprint density at radius 3 is 2.29 bits per heavy atom. The molecule has 0 spiro atoms. The van der Waals surface area contributed by atoms with Gasteiger partial charge in [0.2, 0.25) is 0 Å². The molecule has 2 rings (SSSR count). The third-order valence-electron chi connectivity index (χ3n) is 5.62. The average molecular weight is 351 g/mol. The van der Waals surface area contributed by atoms with Crippen molar-refractivity contribution < 1.29 is 0 Å². The fraction of sp³-hybridized carbons (Fsp3) is 0.700. The molecule has 0 heterocycles. The molecule has 1 heteroatoms. The number of rotatable bonds is 3. The molecule has 1 aromatic carbocycles. The van der Waals surface area contributed by atoms with Crippen LogP contribution in [0.15, 0.2) is 18.2 Å². The van der Waals surface area contributed by atoms with Crippen molar-refractivity contribution in [2.24, 2.45) is 16.7 Å². The summed E-state index contributed by atoms with van der Waals surface area (Å²) in [4.78, 5) is 0. The fourth-order valence-electron chi connectivity index (χ4n) is 3.85. The first-order valence-corrected chi connectivity index (χ1v) is 9.50. The maximum Gasteiger partial charge on any atom is 0.00911 e. The minimum absolute atomic E-state index is 0.470. The summed E-state index contributed by atoms with van der Waals surface area (Å²) < 4.78 is 0. The topological polar surface area (TPSA) is 0 Å². The number of hydrogen-bond acceptors (Lipinski definition) is 0. The van der Waals surface area contributed by atoms with Crippen LogP contribution < -0.4 is 0 Å². The summed E-state index contributed by atoms with van der Waals surface area (Å²) in [6.45, 7) is 11.7. The zero-order chi connectivity index (χ0) is 15.7. The van der Waals surface area contributed by atoms with Crippen molar-refractivity contribution in [3.05, 3.63) is 34.9 Å². The van der Waals surface area contributed by atoms with Gasteiger partial charge in [-0.3, -0.25) is 0 Å². The Morgan fingerprint density at radius 1 is 1.14 bits per heavy atom. The molecule has 0 saturated heterocycles. The van der Waals surface area contributed by atoms with Gasteiger partial charge in [-0.05, 0) is 73.8 Å². The number of alkyl halides is 1. The zero-order valence-electron chi connectivity index (χ0n) is 14.4. The highest BCUT2D eigenvalue weighted by atomic mass is 79.9. The summed E-state index contributed by atoms with van der Waals surface area (Å²) in [5.41, 5.74) is 5.35. The van der Waals surface area contributed by atoms with E-state index < -0.39 is 0 Å². The summed E-state index contributed by atoms with van der Waals surface area (Å²) in [6.07, 6.45) is 6.75. The first-order valence-electron chi connectivity index (χ1n) is 8.38. The summed E-state index contributed by atoms with van der Waals surface area (Å²) in [5, 5.41) is 1.14. The summed E-state index contributed by atoms with van der Waals surface area (Å²) in [6, 6.07) is 6.92. The van der Waals surface area contributed by atoms with Crippen LogP contribution in [-0.2, 0) is 6.42 Å². The van der Waals surface area contributed by atoms with E-state index in [0.717, 1.165) is 11.2 Å². The summed E-state index contributed by atoms with van der Waals surface area (Å²) in [5.74, 6) is 0.892. The van der Waals surface area contributed by atoms with Gasteiger partial charge >= 0.3 is 0 Å². The molecule has 0 N–H and O–H groups in total. The standard InChI is InChI=1S/C20H31Br/c1-15-6-7-16(2)17(12-15)13-20(14-21)10-8-18(9-11-20)19(3,4)5/h6-7,12,18H,8-11,13-14H2,1-5H3. The van der Waals surface area contributed by atoms with Gasteiger partial charge < -0.3 is 0 Å². The van der Waals surface area contributed by atoms with Crippen molar-refractivity contribution in [3.8, 4) is 0 Å². The smallest absolute Gasteiger partial charge is 0.00911 e. The molecule has 118 valence electrons. The Kier molecular flexibility index (Phi) is 5.23.